The second-order valence-electron chi connectivity index (χ2n) is 5.55. The predicted molar refractivity (Wildman–Crippen MR) is 103 cm³/mol. The summed E-state index contributed by atoms with van der Waals surface area (Å²) in [6, 6.07) is 14.7. The van der Waals surface area contributed by atoms with Gasteiger partial charge >= 0.3 is 5.69 Å². The van der Waals surface area contributed by atoms with Gasteiger partial charge in [-0.15, -0.1) is 10.2 Å². The Labute approximate surface area is 160 Å². The van der Waals surface area contributed by atoms with Crippen molar-refractivity contribution in [1.29, 1.82) is 0 Å². The molecule has 9 heteroatoms. The molecule has 0 aliphatic rings. The Hall–Kier alpha value is -3.20. The number of nitrogens with zero attached hydrogens (tertiary/aromatic N) is 5. The molecule has 1 aromatic heterocycles. The fraction of sp³-hybridized carbons (Fsp3) is 0.167. The lowest BCUT2D eigenvalue weighted by molar-refractivity contribution is -0.385. The number of nitro benzene ring substituents is 1. The highest BCUT2D eigenvalue weighted by atomic mass is 32.2. The van der Waals surface area contributed by atoms with E-state index in [-0.39, 0.29) is 11.4 Å². The molecule has 0 atom stereocenters. The molecule has 0 saturated heterocycles. The quantitative estimate of drug-likeness (QED) is 0.267. The molecule has 2 aromatic carbocycles. The number of rotatable bonds is 7. The first-order valence-corrected chi connectivity index (χ1v) is 9.02. The second-order valence-corrected chi connectivity index (χ2v) is 6.49. The van der Waals surface area contributed by atoms with Gasteiger partial charge in [-0.05, 0) is 24.6 Å². The number of methoxy groups -OCH3 is 1. The van der Waals surface area contributed by atoms with Crippen LogP contribution in [0.25, 0.3) is 0 Å². The normalized spacial score (nSPS) is 11.0. The van der Waals surface area contributed by atoms with E-state index in [4.69, 9.17) is 4.74 Å². The molecule has 0 unspecified atom stereocenters. The summed E-state index contributed by atoms with van der Waals surface area (Å²) in [6.07, 6.45) is 1.54. The summed E-state index contributed by atoms with van der Waals surface area (Å²) in [5, 5.41) is 24.4. The van der Waals surface area contributed by atoms with E-state index in [0.29, 0.717) is 16.5 Å². The number of hydrogen-bond acceptors (Lipinski definition) is 7. The van der Waals surface area contributed by atoms with E-state index in [1.165, 1.54) is 36.7 Å². The summed E-state index contributed by atoms with van der Waals surface area (Å²) in [7, 11) is 1.40. The van der Waals surface area contributed by atoms with Crippen molar-refractivity contribution in [1.82, 2.24) is 14.9 Å². The van der Waals surface area contributed by atoms with E-state index in [9.17, 15) is 10.1 Å². The molecule has 3 aromatic rings. The molecule has 27 heavy (non-hydrogen) atoms. The first kappa shape index (κ1) is 18.6. The minimum atomic E-state index is -0.485. The van der Waals surface area contributed by atoms with Gasteiger partial charge in [-0.25, -0.2) is 0 Å². The summed E-state index contributed by atoms with van der Waals surface area (Å²) < 4.78 is 6.62. The Balaban J connectivity index is 1.80. The SMILES string of the molecule is COc1ccc(/C=N\n2c(C)nnc2SCc2ccccc2)cc1[N+](=O)[O-]. The van der Waals surface area contributed by atoms with Crippen LogP contribution in [0.15, 0.2) is 58.8 Å². The van der Waals surface area contributed by atoms with Crippen molar-refractivity contribution in [3.05, 3.63) is 75.6 Å². The number of aryl methyl sites for hydroxylation is 1. The number of ether oxygens (including phenoxy) is 1. The highest BCUT2D eigenvalue weighted by Gasteiger charge is 2.15. The lowest BCUT2D eigenvalue weighted by atomic mass is 10.2. The molecule has 0 fully saturated rings. The third-order valence-electron chi connectivity index (χ3n) is 3.70. The lowest BCUT2D eigenvalue weighted by Crippen LogP contribution is -1.98. The van der Waals surface area contributed by atoms with Crippen LogP contribution in [-0.2, 0) is 5.75 Å². The van der Waals surface area contributed by atoms with Crippen LogP contribution in [0.2, 0.25) is 0 Å². The number of benzene rings is 2. The summed E-state index contributed by atoms with van der Waals surface area (Å²) in [5.41, 5.74) is 1.64. The van der Waals surface area contributed by atoms with Crippen LogP contribution in [0.4, 0.5) is 5.69 Å². The third-order valence-corrected chi connectivity index (χ3v) is 4.69. The highest BCUT2D eigenvalue weighted by molar-refractivity contribution is 7.98. The molecule has 0 bridgehead atoms. The summed E-state index contributed by atoms with van der Waals surface area (Å²) >= 11 is 1.52. The molecule has 0 spiro atoms. The minimum Gasteiger partial charge on any atom is -0.490 e. The number of nitro groups is 1. The first-order chi connectivity index (χ1) is 13.1. The second kappa shape index (κ2) is 8.45. The van der Waals surface area contributed by atoms with E-state index in [1.807, 2.05) is 30.3 Å². The molecule has 0 amide bonds. The molecule has 0 radical (unpaired) electrons. The Morgan fingerprint density at radius 2 is 2.04 bits per heavy atom. The lowest BCUT2D eigenvalue weighted by Gasteiger charge is -2.04. The molecule has 3 rings (SSSR count). The minimum absolute atomic E-state index is 0.111. The van der Waals surface area contributed by atoms with Gasteiger partial charge < -0.3 is 4.74 Å². The topological polar surface area (TPSA) is 95.4 Å². The highest BCUT2D eigenvalue weighted by Crippen LogP contribution is 2.27. The van der Waals surface area contributed by atoms with Gasteiger partial charge in [0, 0.05) is 17.4 Å². The molecule has 0 saturated carbocycles. The van der Waals surface area contributed by atoms with E-state index >= 15 is 0 Å². The zero-order valence-electron chi connectivity index (χ0n) is 14.8. The van der Waals surface area contributed by atoms with Gasteiger partial charge in [0.05, 0.1) is 18.2 Å². The van der Waals surface area contributed by atoms with Crippen molar-refractivity contribution in [2.45, 2.75) is 17.8 Å². The molecule has 1 heterocycles. The molecule has 8 nitrogen and oxygen atoms in total. The summed E-state index contributed by atoms with van der Waals surface area (Å²) in [5.74, 6) is 1.57. The largest absolute Gasteiger partial charge is 0.490 e. The van der Waals surface area contributed by atoms with E-state index < -0.39 is 4.92 Å². The Morgan fingerprint density at radius 1 is 1.26 bits per heavy atom. The average molecular weight is 383 g/mol. The van der Waals surface area contributed by atoms with Gasteiger partial charge in [-0.2, -0.15) is 9.78 Å². The van der Waals surface area contributed by atoms with Crippen LogP contribution < -0.4 is 4.74 Å². The Bertz CT molecular complexity index is 972. The van der Waals surface area contributed by atoms with Crippen molar-refractivity contribution in [3.63, 3.8) is 0 Å². The smallest absolute Gasteiger partial charge is 0.311 e. The zero-order chi connectivity index (χ0) is 19.2. The predicted octanol–water partition coefficient (Wildman–Crippen LogP) is 3.68. The van der Waals surface area contributed by atoms with Crippen LogP contribution in [0.3, 0.4) is 0 Å². The van der Waals surface area contributed by atoms with Gasteiger partial charge in [0.1, 0.15) is 0 Å². The number of aromatic nitrogens is 3. The first-order valence-electron chi connectivity index (χ1n) is 8.04. The molecule has 0 aliphatic heterocycles. The average Bonchev–Trinajstić information content (AvgIpc) is 3.04. The Morgan fingerprint density at radius 3 is 2.74 bits per heavy atom. The fourth-order valence-electron chi connectivity index (χ4n) is 2.34. The number of thioether (sulfide) groups is 1. The monoisotopic (exact) mass is 383 g/mol. The summed E-state index contributed by atoms with van der Waals surface area (Å²) in [6.45, 7) is 1.80. The molecular formula is C18H17N5O3S. The van der Waals surface area contributed by atoms with Gasteiger partial charge in [0.25, 0.3) is 0 Å². The zero-order valence-corrected chi connectivity index (χ0v) is 15.6. The fourth-order valence-corrected chi connectivity index (χ4v) is 3.23. The molecule has 0 aliphatic carbocycles. The van der Waals surface area contributed by atoms with Crippen LogP contribution >= 0.6 is 11.8 Å². The number of hydrogen-bond donors (Lipinski definition) is 0. The molecular weight excluding hydrogens is 366 g/mol. The standard InChI is InChI=1S/C18H17N5O3S/c1-13-20-21-18(27-12-14-6-4-3-5-7-14)22(13)19-11-15-8-9-17(26-2)16(10-15)23(24)25/h3-11H,12H2,1-2H3/b19-11-. The van der Waals surface area contributed by atoms with Crippen molar-refractivity contribution >= 4 is 23.7 Å². The maximum atomic E-state index is 11.1. The molecule has 138 valence electrons. The maximum Gasteiger partial charge on any atom is 0.311 e. The van der Waals surface area contributed by atoms with Crippen molar-refractivity contribution < 1.29 is 9.66 Å². The molecule has 0 N–H and O–H groups in total. The van der Waals surface area contributed by atoms with Crippen molar-refractivity contribution in [2.24, 2.45) is 5.10 Å². The maximum absolute atomic E-state index is 11.1. The van der Waals surface area contributed by atoms with Crippen molar-refractivity contribution in [2.75, 3.05) is 7.11 Å². The van der Waals surface area contributed by atoms with Gasteiger partial charge in [0.15, 0.2) is 11.6 Å². The van der Waals surface area contributed by atoms with Crippen LogP contribution in [0.5, 0.6) is 5.75 Å². The van der Waals surface area contributed by atoms with Crippen LogP contribution in [-0.4, -0.2) is 33.1 Å². The van der Waals surface area contributed by atoms with E-state index in [2.05, 4.69) is 15.3 Å². The van der Waals surface area contributed by atoms with Gasteiger partial charge in [0.2, 0.25) is 5.16 Å². The van der Waals surface area contributed by atoms with Crippen molar-refractivity contribution in [3.8, 4) is 5.75 Å². The van der Waals surface area contributed by atoms with Gasteiger partial charge in [-0.1, -0.05) is 42.1 Å². The van der Waals surface area contributed by atoms with E-state index in [0.717, 1.165) is 5.75 Å². The summed E-state index contributed by atoms with van der Waals surface area (Å²) in [4.78, 5) is 10.7. The Kier molecular flexibility index (Phi) is 5.82. The van der Waals surface area contributed by atoms with Gasteiger partial charge in [-0.3, -0.25) is 10.1 Å². The van der Waals surface area contributed by atoms with Crippen LogP contribution in [0.1, 0.15) is 17.0 Å². The third kappa shape index (κ3) is 4.50. The van der Waals surface area contributed by atoms with Crippen LogP contribution in [0, 0.1) is 17.0 Å². The van der Waals surface area contributed by atoms with E-state index in [1.54, 1.807) is 23.7 Å².